The molecule has 0 spiro atoms. The highest BCUT2D eigenvalue weighted by atomic mass is 16.5. The summed E-state index contributed by atoms with van der Waals surface area (Å²) in [5.74, 6) is 0.641. The van der Waals surface area contributed by atoms with E-state index in [0.29, 0.717) is 30.8 Å². The smallest absolute Gasteiger partial charge is 0.258 e. The van der Waals surface area contributed by atoms with E-state index in [4.69, 9.17) is 4.74 Å². The molecule has 8 nitrogen and oxygen atoms in total. The normalized spacial score (nSPS) is 16.8. The Hall–Kier alpha value is -3.10. The lowest BCUT2D eigenvalue weighted by atomic mass is 10.1. The fraction of sp³-hybridized carbons (Fsp3) is 0.462. The summed E-state index contributed by atoms with van der Waals surface area (Å²) in [6.45, 7) is 9.09. The van der Waals surface area contributed by atoms with Gasteiger partial charge in [0.2, 0.25) is 0 Å². The number of fused-ring (bicyclic) bond motifs is 2. The zero-order valence-corrected chi connectivity index (χ0v) is 20.0. The van der Waals surface area contributed by atoms with E-state index in [2.05, 4.69) is 34.0 Å². The molecular formula is C26H33N5O3. The van der Waals surface area contributed by atoms with Crippen LogP contribution in [0, 0.1) is 0 Å². The van der Waals surface area contributed by atoms with Crippen LogP contribution in [0.2, 0.25) is 0 Å². The number of rotatable bonds is 7. The molecule has 2 aliphatic rings. The highest BCUT2D eigenvalue weighted by Crippen LogP contribution is 2.32. The first kappa shape index (κ1) is 22.7. The molecule has 2 aliphatic heterocycles. The lowest BCUT2D eigenvalue weighted by Gasteiger charge is -2.32. The molecule has 1 saturated heterocycles. The molecule has 0 bridgehead atoms. The third-order valence-electron chi connectivity index (χ3n) is 6.94. The van der Waals surface area contributed by atoms with Crippen molar-refractivity contribution < 1.29 is 14.6 Å². The summed E-state index contributed by atoms with van der Waals surface area (Å²) in [5, 5.41) is 18.7. The van der Waals surface area contributed by atoms with Crippen LogP contribution in [-0.2, 0) is 19.5 Å². The Bertz CT molecular complexity index is 1180. The Labute approximate surface area is 200 Å². The van der Waals surface area contributed by atoms with Crippen LogP contribution in [0.5, 0.6) is 11.5 Å². The first-order valence-corrected chi connectivity index (χ1v) is 12.2. The van der Waals surface area contributed by atoms with Gasteiger partial charge < -0.3 is 19.6 Å². The molecule has 180 valence electrons. The van der Waals surface area contributed by atoms with Gasteiger partial charge in [0, 0.05) is 63.0 Å². The van der Waals surface area contributed by atoms with Gasteiger partial charge in [0.25, 0.3) is 5.91 Å². The maximum atomic E-state index is 13.3. The fourth-order valence-corrected chi connectivity index (χ4v) is 4.85. The Morgan fingerprint density at radius 2 is 1.91 bits per heavy atom. The fourth-order valence-electron chi connectivity index (χ4n) is 4.85. The number of hydrogen-bond acceptors (Lipinski definition) is 6. The highest BCUT2D eigenvalue weighted by Gasteiger charge is 2.27. The van der Waals surface area contributed by atoms with Gasteiger partial charge in [0.15, 0.2) is 0 Å². The minimum atomic E-state index is -0.170. The predicted molar refractivity (Wildman–Crippen MR) is 131 cm³/mol. The maximum absolute atomic E-state index is 13.3. The largest absolute Gasteiger partial charge is 0.507 e. The van der Waals surface area contributed by atoms with Gasteiger partial charge in [-0.25, -0.2) is 0 Å². The minimum Gasteiger partial charge on any atom is -0.507 e. The molecule has 3 heterocycles. The van der Waals surface area contributed by atoms with E-state index in [1.807, 2.05) is 18.2 Å². The van der Waals surface area contributed by atoms with Gasteiger partial charge in [-0.2, -0.15) is 5.10 Å². The summed E-state index contributed by atoms with van der Waals surface area (Å²) in [7, 11) is 2.16. The number of H-pyrrole nitrogens is 1. The standard InChI is InChI=1S/C26H33N5O3/c1-3-4-23-21-14-22(25(32)15-24(21)28-27-23)26(33)31-16-18-5-6-20(13-19(18)17-31)34-12-11-30-9-7-29(2)8-10-30/h5-6,13-15,32H,3-4,7-12,16-17H2,1-2H3,(H,27,28). The number of likely N-dealkylation sites (N-methyl/N-ethyl adjacent to an activating group) is 1. The number of phenolic OH excluding ortho intramolecular Hbond substituents is 1. The molecule has 8 heteroatoms. The second-order valence-electron chi connectivity index (χ2n) is 9.42. The molecule has 1 amide bonds. The van der Waals surface area contributed by atoms with Crippen LogP contribution in [0.3, 0.4) is 0 Å². The van der Waals surface area contributed by atoms with Crippen LogP contribution in [0.25, 0.3) is 10.9 Å². The molecule has 2 N–H and O–H groups in total. The molecule has 5 rings (SSSR count). The number of aromatic amines is 1. The van der Waals surface area contributed by atoms with E-state index in [-0.39, 0.29) is 11.7 Å². The SMILES string of the molecule is CCCc1[nH]nc2cc(O)c(C(=O)N3Cc4ccc(OCCN5CCN(C)CC5)cc4C3)cc12. The quantitative estimate of drug-likeness (QED) is 0.560. The van der Waals surface area contributed by atoms with E-state index in [0.717, 1.165) is 73.5 Å². The van der Waals surface area contributed by atoms with Crippen molar-refractivity contribution in [3.05, 3.63) is 52.7 Å². The number of hydrogen-bond donors (Lipinski definition) is 2. The molecule has 0 radical (unpaired) electrons. The molecule has 3 aromatic rings. The molecule has 34 heavy (non-hydrogen) atoms. The van der Waals surface area contributed by atoms with Crippen LogP contribution in [0.4, 0.5) is 0 Å². The minimum absolute atomic E-state index is 0.0315. The number of nitrogens with zero attached hydrogens (tertiary/aromatic N) is 4. The van der Waals surface area contributed by atoms with Gasteiger partial charge in [0.05, 0.1) is 11.1 Å². The van der Waals surface area contributed by atoms with Gasteiger partial charge in [0.1, 0.15) is 18.1 Å². The number of aryl methyl sites for hydroxylation is 1. The van der Waals surface area contributed by atoms with E-state index < -0.39 is 0 Å². The molecule has 1 aromatic heterocycles. The average molecular weight is 464 g/mol. The Balaban J connectivity index is 1.24. The summed E-state index contributed by atoms with van der Waals surface area (Å²) in [5.41, 5.74) is 4.22. The van der Waals surface area contributed by atoms with Gasteiger partial charge in [-0.05, 0) is 42.8 Å². The average Bonchev–Trinajstić information content (AvgIpc) is 3.43. The number of aromatic hydroxyl groups is 1. The molecule has 0 saturated carbocycles. The molecule has 0 unspecified atom stereocenters. The molecule has 2 aromatic carbocycles. The third kappa shape index (κ3) is 4.60. The van der Waals surface area contributed by atoms with E-state index >= 15 is 0 Å². The monoisotopic (exact) mass is 463 g/mol. The van der Waals surface area contributed by atoms with Crippen molar-refractivity contribution in [3.63, 3.8) is 0 Å². The van der Waals surface area contributed by atoms with Crippen LogP contribution in [0.15, 0.2) is 30.3 Å². The number of carbonyl (C=O) groups is 1. The number of benzene rings is 2. The van der Waals surface area contributed by atoms with Gasteiger partial charge in [-0.15, -0.1) is 0 Å². The van der Waals surface area contributed by atoms with Gasteiger partial charge in [-0.3, -0.25) is 14.8 Å². The van der Waals surface area contributed by atoms with Crippen LogP contribution in [-0.4, -0.2) is 82.3 Å². The van der Waals surface area contributed by atoms with E-state index in [1.54, 1.807) is 17.0 Å². The van der Waals surface area contributed by atoms with Gasteiger partial charge in [-0.1, -0.05) is 19.4 Å². The summed E-state index contributed by atoms with van der Waals surface area (Å²) in [4.78, 5) is 19.9. The van der Waals surface area contributed by atoms with Crippen molar-refractivity contribution in [3.8, 4) is 11.5 Å². The first-order chi connectivity index (χ1) is 16.5. The van der Waals surface area contributed by atoms with Crippen molar-refractivity contribution in [2.75, 3.05) is 46.4 Å². The highest BCUT2D eigenvalue weighted by molar-refractivity contribution is 6.01. The Morgan fingerprint density at radius 3 is 2.71 bits per heavy atom. The van der Waals surface area contributed by atoms with Crippen molar-refractivity contribution >= 4 is 16.8 Å². The summed E-state index contributed by atoms with van der Waals surface area (Å²) in [6, 6.07) is 9.44. The third-order valence-corrected chi connectivity index (χ3v) is 6.94. The number of phenols is 1. The van der Waals surface area contributed by atoms with Gasteiger partial charge >= 0.3 is 0 Å². The van der Waals surface area contributed by atoms with E-state index in [9.17, 15) is 9.90 Å². The van der Waals surface area contributed by atoms with E-state index in [1.165, 1.54) is 0 Å². The Kier molecular flexibility index (Phi) is 6.43. The van der Waals surface area contributed by atoms with Crippen molar-refractivity contribution in [1.82, 2.24) is 24.9 Å². The van der Waals surface area contributed by atoms with Crippen LogP contribution in [0.1, 0.15) is 40.5 Å². The number of amides is 1. The van der Waals surface area contributed by atoms with Crippen LogP contribution >= 0.6 is 0 Å². The Morgan fingerprint density at radius 1 is 1.12 bits per heavy atom. The van der Waals surface area contributed by atoms with Crippen molar-refractivity contribution in [2.24, 2.45) is 0 Å². The van der Waals surface area contributed by atoms with Crippen molar-refractivity contribution in [2.45, 2.75) is 32.9 Å². The summed E-state index contributed by atoms with van der Waals surface area (Å²) >= 11 is 0. The lowest BCUT2D eigenvalue weighted by Crippen LogP contribution is -2.45. The summed E-state index contributed by atoms with van der Waals surface area (Å²) < 4.78 is 6.03. The summed E-state index contributed by atoms with van der Waals surface area (Å²) in [6.07, 6.45) is 1.82. The number of carbonyl (C=O) groups excluding carboxylic acids is 1. The predicted octanol–water partition coefficient (Wildman–Crippen LogP) is 3.00. The molecule has 1 fully saturated rings. The molecule has 0 atom stereocenters. The second-order valence-corrected chi connectivity index (χ2v) is 9.42. The first-order valence-electron chi connectivity index (χ1n) is 12.2. The maximum Gasteiger partial charge on any atom is 0.258 e. The lowest BCUT2D eigenvalue weighted by molar-refractivity contribution is 0.0748. The van der Waals surface area contributed by atoms with Crippen LogP contribution < -0.4 is 4.74 Å². The molecular weight excluding hydrogens is 430 g/mol. The number of nitrogens with one attached hydrogen (secondary N) is 1. The topological polar surface area (TPSA) is 84.9 Å². The number of ether oxygens (including phenoxy) is 1. The van der Waals surface area contributed by atoms with Crippen molar-refractivity contribution in [1.29, 1.82) is 0 Å². The zero-order valence-electron chi connectivity index (χ0n) is 20.0. The molecule has 0 aliphatic carbocycles. The number of aromatic nitrogens is 2. The second kappa shape index (κ2) is 9.64. The number of piperazine rings is 1. The zero-order chi connectivity index (χ0) is 23.7.